The third-order valence-corrected chi connectivity index (χ3v) is 4.57. The minimum Gasteiger partial charge on any atom is -0.360 e. The van der Waals surface area contributed by atoms with Crippen LogP contribution >= 0.6 is 0 Å². The predicted octanol–water partition coefficient (Wildman–Crippen LogP) is 2.11. The van der Waals surface area contributed by atoms with E-state index in [1.807, 2.05) is 7.05 Å². The van der Waals surface area contributed by atoms with Crippen LogP contribution in [0.1, 0.15) is 45.4 Å². The number of aliphatic imine (C=N–C) groups is 1. The zero-order valence-electron chi connectivity index (χ0n) is 11.3. The summed E-state index contributed by atoms with van der Waals surface area (Å²) in [5, 5.41) is 0.535. The molecule has 0 aromatic rings. The van der Waals surface area contributed by atoms with Gasteiger partial charge in [0.15, 0.2) is 0 Å². The quantitative estimate of drug-likeness (QED) is 0.571. The number of nitrogens with zero attached hydrogens (tertiary/aromatic N) is 2. The van der Waals surface area contributed by atoms with Gasteiger partial charge in [0.2, 0.25) is 0 Å². The van der Waals surface area contributed by atoms with Gasteiger partial charge < -0.3 is 4.90 Å². The van der Waals surface area contributed by atoms with Crippen LogP contribution in [0.2, 0.25) is 5.31 Å². The Hall–Kier alpha value is -0.465. The summed E-state index contributed by atoms with van der Waals surface area (Å²) in [6.45, 7) is 2.44. The summed E-state index contributed by atoms with van der Waals surface area (Å²) in [4.78, 5) is 6.89. The molecule has 0 amide bonds. The highest BCUT2D eigenvalue weighted by atomic mass is 15.2. The maximum absolute atomic E-state index is 4.44. The summed E-state index contributed by atoms with van der Waals surface area (Å²) < 4.78 is 0. The van der Waals surface area contributed by atoms with E-state index in [0.29, 0.717) is 5.31 Å². The number of amidine groups is 1. The average molecular weight is 220 g/mol. The Kier molecular flexibility index (Phi) is 3.32. The predicted molar refractivity (Wildman–Crippen MR) is 73.0 cm³/mol. The lowest BCUT2D eigenvalue weighted by Crippen LogP contribution is -2.33. The molecule has 16 heavy (non-hydrogen) atoms. The molecule has 2 fully saturated rings. The molecule has 0 aromatic carbocycles. The normalized spacial score (nSPS) is 42.9. The number of rotatable bonds is 0. The van der Waals surface area contributed by atoms with Gasteiger partial charge in [-0.05, 0) is 18.8 Å². The molecule has 1 saturated heterocycles. The van der Waals surface area contributed by atoms with Gasteiger partial charge in [0.25, 0.3) is 0 Å². The third kappa shape index (κ3) is 2.28. The van der Waals surface area contributed by atoms with Crippen LogP contribution in [0.3, 0.4) is 0 Å². The van der Waals surface area contributed by atoms with Gasteiger partial charge in [-0.3, -0.25) is 4.99 Å². The van der Waals surface area contributed by atoms with E-state index in [-0.39, 0.29) is 0 Å². The summed E-state index contributed by atoms with van der Waals surface area (Å²) >= 11 is 0. The Morgan fingerprint density at radius 3 is 2.88 bits per heavy atom. The average Bonchev–Trinajstić information content (AvgIpc) is 2.47. The zero-order valence-corrected chi connectivity index (χ0v) is 11.3. The second kappa shape index (κ2) is 4.42. The Bertz CT molecular complexity index is 286. The van der Waals surface area contributed by atoms with Crippen molar-refractivity contribution in [3.63, 3.8) is 0 Å². The summed E-state index contributed by atoms with van der Waals surface area (Å²) in [6, 6.07) is 0.762. The molecule has 3 heteroatoms. The Morgan fingerprint density at radius 2 is 2.19 bits per heavy atom. The minimum atomic E-state index is 0.535. The topological polar surface area (TPSA) is 15.6 Å². The van der Waals surface area contributed by atoms with Crippen molar-refractivity contribution >= 4 is 13.7 Å². The van der Waals surface area contributed by atoms with Gasteiger partial charge in [0.05, 0.1) is 5.84 Å². The largest absolute Gasteiger partial charge is 0.360 e. The first-order valence-corrected chi connectivity index (χ1v) is 6.72. The Labute approximate surface area is 101 Å². The van der Waals surface area contributed by atoms with Gasteiger partial charge >= 0.3 is 0 Å². The highest BCUT2D eigenvalue weighted by molar-refractivity contribution is 6.14. The van der Waals surface area contributed by atoms with Crippen molar-refractivity contribution in [3.8, 4) is 0 Å². The molecule has 3 unspecified atom stereocenters. The number of hydrogen-bond acceptors (Lipinski definition) is 1. The van der Waals surface area contributed by atoms with E-state index in [0.717, 1.165) is 12.0 Å². The second-order valence-corrected chi connectivity index (χ2v) is 6.40. The van der Waals surface area contributed by atoms with Crippen molar-refractivity contribution in [1.82, 2.24) is 4.90 Å². The second-order valence-electron chi connectivity index (χ2n) is 6.40. The first kappa shape index (κ1) is 12.0. The van der Waals surface area contributed by atoms with Gasteiger partial charge in [0.1, 0.15) is 7.85 Å². The molecule has 3 atom stereocenters. The van der Waals surface area contributed by atoms with Crippen molar-refractivity contribution in [2.75, 3.05) is 14.1 Å². The fourth-order valence-electron chi connectivity index (χ4n) is 3.68. The van der Waals surface area contributed by atoms with Crippen molar-refractivity contribution in [2.24, 2.45) is 10.9 Å². The molecule has 0 aromatic heterocycles. The van der Waals surface area contributed by atoms with E-state index in [4.69, 9.17) is 0 Å². The van der Waals surface area contributed by atoms with E-state index in [9.17, 15) is 0 Å². The van der Waals surface area contributed by atoms with Crippen LogP contribution in [0.5, 0.6) is 0 Å². The maximum atomic E-state index is 4.44. The van der Waals surface area contributed by atoms with Gasteiger partial charge in [-0.1, -0.05) is 31.5 Å². The smallest absolute Gasteiger partial charge is 0.109 e. The summed E-state index contributed by atoms with van der Waals surface area (Å²) in [5.74, 6) is 2.17. The molecular formula is C13H25BN2. The van der Waals surface area contributed by atoms with Gasteiger partial charge in [-0.25, -0.2) is 0 Å². The van der Waals surface area contributed by atoms with Gasteiger partial charge in [0, 0.05) is 26.6 Å². The van der Waals surface area contributed by atoms with E-state index in [1.54, 1.807) is 0 Å². The van der Waals surface area contributed by atoms with Crippen LogP contribution in [0.15, 0.2) is 4.99 Å². The molecule has 0 radical (unpaired) electrons. The molecule has 0 spiro atoms. The van der Waals surface area contributed by atoms with Crippen LogP contribution in [0, 0.1) is 5.92 Å². The van der Waals surface area contributed by atoms with E-state index in [1.165, 1.54) is 44.4 Å². The molecule has 0 N–H and O–H groups in total. The lowest BCUT2D eigenvalue weighted by molar-refractivity contribution is 0.235. The van der Waals surface area contributed by atoms with Crippen molar-refractivity contribution in [3.05, 3.63) is 0 Å². The van der Waals surface area contributed by atoms with Crippen LogP contribution in [-0.4, -0.2) is 38.7 Å². The molecule has 1 heterocycles. The van der Waals surface area contributed by atoms with Crippen molar-refractivity contribution in [2.45, 2.75) is 56.8 Å². The van der Waals surface area contributed by atoms with Crippen molar-refractivity contribution < 1.29 is 0 Å². The van der Waals surface area contributed by atoms with Crippen LogP contribution in [0.25, 0.3) is 0 Å². The van der Waals surface area contributed by atoms with Crippen LogP contribution in [-0.2, 0) is 0 Å². The SMILES string of the molecule is BC1(C)CCCCC2C(C/C(=N\C)N2C)C1. The van der Waals surface area contributed by atoms with E-state index >= 15 is 0 Å². The van der Waals surface area contributed by atoms with Crippen LogP contribution < -0.4 is 0 Å². The highest BCUT2D eigenvalue weighted by Gasteiger charge is 2.39. The molecule has 1 aliphatic carbocycles. The molecule has 2 aliphatic rings. The van der Waals surface area contributed by atoms with E-state index < -0.39 is 0 Å². The molecule has 0 bridgehead atoms. The molecule has 2 rings (SSSR count). The minimum absolute atomic E-state index is 0.535. The fraction of sp³-hybridized carbons (Fsp3) is 0.923. The number of hydrogen-bond donors (Lipinski definition) is 0. The number of fused-ring (bicyclic) bond motifs is 1. The first-order chi connectivity index (χ1) is 7.53. The fourth-order valence-corrected chi connectivity index (χ4v) is 3.68. The highest BCUT2D eigenvalue weighted by Crippen LogP contribution is 2.44. The zero-order chi connectivity index (χ0) is 11.8. The van der Waals surface area contributed by atoms with Crippen LogP contribution in [0.4, 0.5) is 0 Å². The van der Waals surface area contributed by atoms with Crippen molar-refractivity contribution in [1.29, 1.82) is 0 Å². The Morgan fingerprint density at radius 1 is 1.44 bits per heavy atom. The third-order valence-electron chi connectivity index (χ3n) is 4.57. The molecule has 1 saturated carbocycles. The lowest BCUT2D eigenvalue weighted by Gasteiger charge is -2.35. The maximum Gasteiger partial charge on any atom is 0.109 e. The monoisotopic (exact) mass is 220 g/mol. The first-order valence-electron chi connectivity index (χ1n) is 6.72. The molecule has 2 nitrogen and oxygen atoms in total. The summed E-state index contributed by atoms with van der Waals surface area (Å²) in [7, 11) is 6.62. The van der Waals surface area contributed by atoms with Gasteiger partial charge in [-0.2, -0.15) is 0 Å². The lowest BCUT2D eigenvalue weighted by atomic mass is 9.60. The number of likely N-dealkylation sites (tertiary alicyclic amines) is 1. The Balaban J connectivity index is 2.15. The molecular weight excluding hydrogens is 195 g/mol. The molecule has 90 valence electrons. The summed E-state index contributed by atoms with van der Waals surface area (Å²) in [5.41, 5.74) is 0. The van der Waals surface area contributed by atoms with E-state index in [2.05, 4.69) is 31.7 Å². The summed E-state index contributed by atoms with van der Waals surface area (Å²) in [6.07, 6.45) is 8.16. The molecule has 1 aliphatic heterocycles. The standard InChI is InChI=1S/C13H25BN2/c1-13(14)7-5-4-6-11-10(9-13)8-12(15-2)16(11)3/h10-11H,4-9,14H2,1-3H3/b15-12+. The van der Waals surface area contributed by atoms with Gasteiger partial charge in [-0.15, -0.1) is 0 Å².